The molecule has 0 spiro atoms. The zero-order valence-corrected chi connectivity index (χ0v) is 15.0. The van der Waals surface area contributed by atoms with Crippen molar-refractivity contribution in [2.75, 3.05) is 0 Å². The molecule has 2 aromatic rings. The Bertz CT molecular complexity index is 667. The van der Waals surface area contributed by atoms with Gasteiger partial charge in [-0.15, -0.1) is 0 Å². The van der Waals surface area contributed by atoms with E-state index >= 15 is 0 Å². The smallest absolute Gasteiger partial charge is 0.170 e. The minimum Gasteiger partial charge on any atom is -0.294 e. The highest BCUT2D eigenvalue weighted by atomic mass is 79.9. The lowest BCUT2D eigenvalue weighted by Crippen LogP contribution is -2.09. The van der Waals surface area contributed by atoms with E-state index in [0.717, 1.165) is 26.8 Å². The van der Waals surface area contributed by atoms with Gasteiger partial charge in [0.1, 0.15) is 0 Å². The fourth-order valence-corrected chi connectivity index (χ4v) is 3.31. The fourth-order valence-electron chi connectivity index (χ4n) is 1.97. The zero-order chi connectivity index (χ0) is 14.9. The van der Waals surface area contributed by atoms with Crippen LogP contribution in [-0.2, 0) is 19.9 Å². The molecule has 0 atom stereocenters. The summed E-state index contributed by atoms with van der Waals surface area (Å²) in [5.41, 5.74) is 2.34. The van der Waals surface area contributed by atoms with E-state index < -0.39 is 0 Å². The zero-order valence-electron chi connectivity index (χ0n) is 11.1. The van der Waals surface area contributed by atoms with Crippen LogP contribution >= 0.6 is 43.5 Å². The van der Waals surface area contributed by atoms with Crippen LogP contribution < -0.4 is 0 Å². The molecule has 0 amide bonds. The Balaban J connectivity index is 2.33. The molecular weight excluding hydrogens is 407 g/mol. The Morgan fingerprint density at radius 2 is 2.10 bits per heavy atom. The van der Waals surface area contributed by atoms with Crippen LogP contribution in [0.15, 0.2) is 27.1 Å². The minimum absolute atomic E-state index is 0.0253. The number of halogens is 3. The molecule has 2 rings (SSSR count). The van der Waals surface area contributed by atoms with Gasteiger partial charge in [-0.2, -0.15) is 5.10 Å². The molecule has 3 nitrogen and oxygen atoms in total. The van der Waals surface area contributed by atoms with Gasteiger partial charge in [0.15, 0.2) is 5.78 Å². The van der Waals surface area contributed by atoms with Crippen molar-refractivity contribution in [3.8, 4) is 0 Å². The normalized spacial score (nSPS) is 10.8. The first-order valence-corrected chi connectivity index (χ1v) is 8.09. The SMILES string of the molecule is CCc1nn(C)c(CC(=O)c2cc(Br)ccc2Cl)c1Br. The first-order valence-electron chi connectivity index (χ1n) is 6.12. The highest BCUT2D eigenvalue weighted by Crippen LogP contribution is 2.26. The quantitative estimate of drug-likeness (QED) is 0.679. The second-order valence-electron chi connectivity index (χ2n) is 4.41. The second-order valence-corrected chi connectivity index (χ2v) is 6.52. The average Bonchev–Trinajstić information content (AvgIpc) is 2.68. The minimum atomic E-state index is -0.0253. The van der Waals surface area contributed by atoms with Crippen LogP contribution in [0.4, 0.5) is 0 Å². The van der Waals surface area contributed by atoms with E-state index in [9.17, 15) is 4.79 Å². The molecule has 0 aliphatic rings. The molecule has 0 aliphatic heterocycles. The maximum absolute atomic E-state index is 12.4. The highest BCUT2D eigenvalue weighted by molar-refractivity contribution is 9.10. The number of aryl methyl sites for hydroxylation is 2. The Hall–Kier alpha value is -0.650. The first kappa shape index (κ1) is 15.7. The molecule has 0 saturated carbocycles. The largest absolute Gasteiger partial charge is 0.294 e. The Morgan fingerprint density at radius 1 is 1.40 bits per heavy atom. The number of aromatic nitrogens is 2. The number of nitrogens with zero attached hydrogens (tertiary/aromatic N) is 2. The molecule has 0 bridgehead atoms. The topological polar surface area (TPSA) is 34.9 Å². The number of benzene rings is 1. The van der Waals surface area contributed by atoms with Crippen LogP contribution in [0.3, 0.4) is 0 Å². The van der Waals surface area contributed by atoms with Gasteiger partial charge < -0.3 is 0 Å². The van der Waals surface area contributed by atoms with E-state index in [2.05, 4.69) is 37.0 Å². The van der Waals surface area contributed by atoms with Gasteiger partial charge >= 0.3 is 0 Å². The lowest BCUT2D eigenvalue weighted by molar-refractivity contribution is 0.0990. The van der Waals surface area contributed by atoms with Gasteiger partial charge in [0.05, 0.1) is 27.3 Å². The number of ketones is 1. The van der Waals surface area contributed by atoms with Gasteiger partial charge in [-0.1, -0.05) is 34.5 Å². The molecule has 0 unspecified atom stereocenters. The van der Waals surface area contributed by atoms with Crippen molar-refractivity contribution in [3.63, 3.8) is 0 Å². The van der Waals surface area contributed by atoms with Crippen molar-refractivity contribution in [3.05, 3.63) is 49.1 Å². The van der Waals surface area contributed by atoms with Crippen molar-refractivity contribution in [2.24, 2.45) is 7.05 Å². The van der Waals surface area contributed by atoms with Gasteiger partial charge in [0, 0.05) is 17.1 Å². The maximum Gasteiger partial charge on any atom is 0.170 e. The first-order chi connectivity index (χ1) is 9.43. The number of rotatable bonds is 4. The molecule has 1 heterocycles. The molecule has 0 fully saturated rings. The third-order valence-electron chi connectivity index (χ3n) is 3.06. The van der Waals surface area contributed by atoms with Crippen LogP contribution in [0.1, 0.15) is 28.7 Å². The monoisotopic (exact) mass is 418 g/mol. The predicted molar refractivity (Wildman–Crippen MR) is 87.5 cm³/mol. The summed E-state index contributed by atoms with van der Waals surface area (Å²) >= 11 is 13.0. The molecule has 1 aromatic carbocycles. The highest BCUT2D eigenvalue weighted by Gasteiger charge is 2.18. The van der Waals surface area contributed by atoms with Crippen molar-refractivity contribution >= 4 is 49.2 Å². The molecular formula is C14H13Br2ClN2O. The number of Topliss-reactive ketones (excluding diaryl/α,β-unsaturated/α-hetero) is 1. The molecule has 20 heavy (non-hydrogen) atoms. The summed E-state index contributed by atoms with van der Waals surface area (Å²) < 4.78 is 3.48. The molecule has 0 saturated heterocycles. The number of carbonyl (C=O) groups excluding carboxylic acids is 1. The number of hydrogen-bond donors (Lipinski definition) is 0. The number of hydrogen-bond acceptors (Lipinski definition) is 2. The predicted octanol–water partition coefficient (Wildman–Crippen LogP) is 4.59. The van der Waals surface area contributed by atoms with Crippen molar-refractivity contribution < 1.29 is 4.79 Å². The number of carbonyl (C=O) groups is 1. The van der Waals surface area contributed by atoms with Crippen molar-refractivity contribution in [2.45, 2.75) is 19.8 Å². The molecule has 6 heteroatoms. The van der Waals surface area contributed by atoms with Crippen molar-refractivity contribution in [1.82, 2.24) is 9.78 Å². The third-order valence-corrected chi connectivity index (χ3v) is 4.80. The van der Waals surface area contributed by atoms with E-state index in [1.165, 1.54) is 0 Å². The van der Waals surface area contributed by atoms with Crippen LogP contribution in [0.5, 0.6) is 0 Å². The van der Waals surface area contributed by atoms with Gasteiger partial charge in [-0.3, -0.25) is 9.48 Å². The van der Waals surface area contributed by atoms with Gasteiger partial charge in [-0.25, -0.2) is 0 Å². The summed E-state index contributed by atoms with van der Waals surface area (Å²) in [6.45, 7) is 2.03. The second kappa shape index (κ2) is 6.41. The van der Waals surface area contributed by atoms with Crippen LogP contribution in [0.25, 0.3) is 0 Å². The summed E-state index contributed by atoms with van der Waals surface area (Å²) in [4.78, 5) is 12.4. The Kier molecular flexibility index (Phi) is 5.04. The van der Waals surface area contributed by atoms with E-state index in [1.807, 2.05) is 20.0 Å². The molecule has 106 valence electrons. The van der Waals surface area contributed by atoms with Crippen LogP contribution in [-0.4, -0.2) is 15.6 Å². The van der Waals surface area contributed by atoms with Gasteiger partial charge in [0.25, 0.3) is 0 Å². The molecule has 0 radical (unpaired) electrons. The van der Waals surface area contributed by atoms with E-state index in [-0.39, 0.29) is 12.2 Å². The third kappa shape index (κ3) is 3.15. The summed E-state index contributed by atoms with van der Waals surface area (Å²) in [5.74, 6) is -0.0253. The Labute approximate surface area is 139 Å². The average molecular weight is 421 g/mol. The van der Waals surface area contributed by atoms with E-state index in [4.69, 9.17) is 11.6 Å². The lowest BCUT2D eigenvalue weighted by Gasteiger charge is -2.05. The van der Waals surface area contributed by atoms with Gasteiger partial charge in [0.2, 0.25) is 0 Å². The fraction of sp³-hybridized carbons (Fsp3) is 0.286. The molecule has 0 N–H and O–H groups in total. The molecule has 0 aliphatic carbocycles. The molecule has 1 aromatic heterocycles. The summed E-state index contributed by atoms with van der Waals surface area (Å²) in [7, 11) is 1.84. The summed E-state index contributed by atoms with van der Waals surface area (Å²) in [6, 6.07) is 5.28. The van der Waals surface area contributed by atoms with Gasteiger partial charge in [-0.05, 0) is 40.5 Å². The standard InChI is InChI=1S/C14H13Br2ClN2O/c1-3-11-14(16)12(19(2)18-11)7-13(20)9-6-8(15)4-5-10(9)17/h4-6H,3,7H2,1-2H3. The van der Waals surface area contributed by atoms with Crippen molar-refractivity contribution in [1.29, 1.82) is 0 Å². The van der Waals surface area contributed by atoms with E-state index in [1.54, 1.807) is 16.8 Å². The summed E-state index contributed by atoms with van der Waals surface area (Å²) in [5, 5.41) is 4.86. The maximum atomic E-state index is 12.4. The lowest BCUT2D eigenvalue weighted by atomic mass is 10.1. The Morgan fingerprint density at radius 3 is 2.70 bits per heavy atom. The van der Waals surface area contributed by atoms with Crippen LogP contribution in [0.2, 0.25) is 5.02 Å². The van der Waals surface area contributed by atoms with E-state index in [0.29, 0.717) is 10.6 Å². The summed E-state index contributed by atoms with van der Waals surface area (Å²) in [6.07, 6.45) is 1.08. The van der Waals surface area contributed by atoms with Crippen LogP contribution in [0, 0.1) is 0 Å².